The van der Waals surface area contributed by atoms with Gasteiger partial charge in [-0.2, -0.15) is 0 Å². The summed E-state index contributed by atoms with van der Waals surface area (Å²) < 4.78 is 2.19. The van der Waals surface area contributed by atoms with E-state index in [1.165, 1.54) is 8.82 Å². The van der Waals surface area contributed by atoms with E-state index in [1.54, 1.807) is 0 Å². The minimum absolute atomic E-state index is 0.208. The molecule has 0 bridgehead atoms. The zero-order valence-electron chi connectivity index (χ0n) is 7.43. The van der Waals surface area contributed by atoms with Crippen LogP contribution < -0.4 is 3.25 Å². The van der Waals surface area contributed by atoms with Crippen molar-refractivity contribution in [3.8, 4) is 0 Å². The summed E-state index contributed by atoms with van der Waals surface area (Å²) in [5.74, 6) is 0. The van der Waals surface area contributed by atoms with Gasteiger partial charge < -0.3 is 0 Å². The third-order valence-corrected chi connectivity index (χ3v) is 3.79. The summed E-state index contributed by atoms with van der Waals surface area (Å²) in [6, 6.07) is 2.14. The molecule has 0 aromatic carbocycles. The molecule has 62 valence electrons. The van der Waals surface area contributed by atoms with Gasteiger partial charge in [0, 0.05) is 0 Å². The van der Waals surface area contributed by atoms with Crippen LogP contribution in [0.4, 0.5) is 0 Å². The van der Waals surface area contributed by atoms with Crippen molar-refractivity contribution in [3.05, 3.63) is 15.3 Å². The van der Waals surface area contributed by atoms with Crippen molar-refractivity contribution in [1.82, 2.24) is 10.2 Å². The maximum absolute atomic E-state index is 4.16. The molecule has 0 atom stereocenters. The second kappa shape index (κ2) is 3.85. The van der Waals surface area contributed by atoms with E-state index in [0.29, 0.717) is 0 Å². The van der Waals surface area contributed by atoms with Crippen LogP contribution in [0.5, 0.6) is 0 Å². The summed E-state index contributed by atoms with van der Waals surface area (Å²) in [6.07, 6.45) is 0. The van der Waals surface area contributed by atoms with E-state index >= 15 is 0 Å². The second-order valence-corrected chi connectivity index (χ2v) is 6.95. The Balaban J connectivity index is 3.23. The molecule has 1 rings (SSSR count). The van der Waals surface area contributed by atoms with E-state index in [9.17, 15) is 0 Å². The van der Waals surface area contributed by atoms with Gasteiger partial charge in [-0.3, -0.25) is 0 Å². The first-order chi connectivity index (χ1) is 5.41. The zero-order valence-corrected chi connectivity index (χ0v) is 14.1. The summed E-state index contributed by atoms with van der Waals surface area (Å²) in [6.45, 7) is 6.64. The van der Waals surface area contributed by atoms with Crippen LogP contribution in [0, 0.1) is 3.70 Å². The van der Waals surface area contributed by atoms with Crippen molar-refractivity contribution in [1.29, 1.82) is 0 Å². The van der Waals surface area contributed by atoms with Gasteiger partial charge in [0.15, 0.2) is 0 Å². The number of hydrogen-bond acceptors (Lipinski definition) is 2. The first kappa shape index (κ1) is 10.8. The SMILES string of the molecule is CC(C)(C)c1cc(I)nn[c]1[Tl]. The monoisotopic (exact) mass is 466 g/mol. The second-order valence-electron chi connectivity index (χ2n) is 3.72. The Hall–Kier alpha value is 0.732. The van der Waals surface area contributed by atoms with Crippen LogP contribution in [-0.4, -0.2) is 36.0 Å². The molecule has 1 heterocycles. The van der Waals surface area contributed by atoms with Crippen LogP contribution in [0.3, 0.4) is 0 Å². The molecule has 0 N–H and O–H groups in total. The fraction of sp³-hybridized carbons (Fsp3) is 0.500. The summed E-state index contributed by atoms with van der Waals surface area (Å²) in [7, 11) is 0. The van der Waals surface area contributed by atoms with Gasteiger partial charge in [0.2, 0.25) is 0 Å². The van der Waals surface area contributed by atoms with Gasteiger partial charge in [0.05, 0.1) is 0 Å². The zero-order chi connectivity index (χ0) is 9.35. The van der Waals surface area contributed by atoms with Gasteiger partial charge in [0.25, 0.3) is 0 Å². The van der Waals surface area contributed by atoms with Crippen molar-refractivity contribution in [3.63, 3.8) is 0 Å². The van der Waals surface area contributed by atoms with E-state index in [4.69, 9.17) is 0 Å². The Morgan fingerprint density at radius 1 is 1.33 bits per heavy atom. The van der Waals surface area contributed by atoms with Crippen molar-refractivity contribution < 1.29 is 0 Å². The standard InChI is InChI=1S/C8H10IN2.Tl/c1-8(2,3)6-4-7(9)11-10-5-6;/h4H,1-3H3;. The molecule has 1 aromatic rings. The van der Waals surface area contributed by atoms with E-state index < -0.39 is 0 Å². The van der Waals surface area contributed by atoms with Gasteiger partial charge in [-0.1, -0.05) is 0 Å². The molecule has 0 radical (unpaired) electrons. The number of halogens is 1. The Bertz CT molecular complexity index is 294. The summed E-state index contributed by atoms with van der Waals surface area (Å²) >= 11 is 2.98. The molecule has 4 heteroatoms. The molecule has 0 unspecified atom stereocenters. The molecule has 0 saturated carbocycles. The quantitative estimate of drug-likeness (QED) is 0.425. The molecule has 0 aliphatic rings. The van der Waals surface area contributed by atoms with Gasteiger partial charge in [0.1, 0.15) is 0 Å². The Morgan fingerprint density at radius 3 is 2.33 bits per heavy atom. The molecule has 0 fully saturated rings. The van der Waals surface area contributed by atoms with Gasteiger partial charge >= 0.3 is 103 Å². The molecule has 2 nitrogen and oxygen atoms in total. The number of hydrogen-bond donors (Lipinski definition) is 0. The summed E-state index contributed by atoms with van der Waals surface area (Å²) in [5, 5.41) is 8.19. The first-order valence-electron chi connectivity index (χ1n) is 3.70. The van der Waals surface area contributed by atoms with Crippen molar-refractivity contribution in [2.75, 3.05) is 0 Å². The minimum atomic E-state index is 0.208. The van der Waals surface area contributed by atoms with Crippen LogP contribution in [0.15, 0.2) is 6.07 Å². The molecule has 1 aromatic heterocycles. The normalized spacial score (nSPS) is 11.6. The van der Waals surface area contributed by atoms with E-state index in [2.05, 4.69) is 59.6 Å². The van der Waals surface area contributed by atoms with Crippen LogP contribution in [-0.2, 0) is 5.41 Å². The summed E-state index contributed by atoms with van der Waals surface area (Å²) in [5.41, 5.74) is 1.56. The molecule has 0 aliphatic heterocycles. The molecule has 0 saturated heterocycles. The molecule has 0 amide bonds. The van der Waals surface area contributed by atoms with Crippen LogP contribution in [0.25, 0.3) is 0 Å². The third-order valence-electron chi connectivity index (χ3n) is 1.60. The van der Waals surface area contributed by atoms with Gasteiger partial charge in [-0.25, -0.2) is 0 Å². The molecule has 12 heavy (non-hydrogen) atoms. The van der Waals surface area contributed by atoms with E-state index in [1.807, 2.05) is 0 Å². The van der Waals surface area contributed by atoms with E-state index in [0.717, 1.165) is 29.5 Å². The van der Waals surface area contributed by atoms with Gasteiger partial charge in [-0.05, 0) is 0 Å². The van der Waals surface area contributed by atoms with Gasteiger partial charge in [-0.15, -0.1) is 0 Å². The molecular weight excluding hydrogens is 455 g/mol. The Labute approximate surface area is 102 Å². The Kier molecular flexibility index (Phi) is 3.47. The predicted octanol–water partition coefficient (Wildman–Crippen LogP) is 1.17. The average molecular weight is 465 g/mol. The first-order valence-corrected chi connectivity index (χ1v) is 7.03. The third kappa shape index (κ3) is 2.61. The number of rotatable bonds is 0. The van der Waals surface area contributed by atoms with Crippen molar-refractivity contribution in [2.45, 2.75) is 26.2 Å². The molecule has 0 spiro atoms. The van der Waals surface area contributed by atoms with Crippen LogP contribution in [0.1, 0.15) is 26.3 Å². The molecular formula is C8H10IN2Tl. The average Bonchev–Trinajstić information content (AvgIpc) is 1.92. The van der Waals surface area contributed by atoms with Crippen LogP contribution in [0.2, 0.25) is 0 Å². The predicted molar refractivity (Wildman–Crippen MR) is 58.8 cm³/mol. The fourth-order valence-electron chi connectivity index (χ4n) is 0.978. The number of nitrogens with zero attached hydrogens (tertiary/aromatic N) is 2. The fourth-order valence-corrected chi connectivity index (χ4v) is 3.63. The number of aromatic nitrogens is 2. The van der Waals surface area contributed by atoms with E-state index in [-0.39, 0.29) is 5.41 Å². The van der Waals surface area contributed by atoms with Crippen molar-refractivity contribution >= 4 is 51.6 Å². The summed E-state index contributed by atoms with van der Waals surface area (Å²) in [4.78, 5) is 0. The molecule has 0 aliphatic carbocycles. The van der Waals surface area contributed by atoms with Crippen molar-refractivity contribution in [2.24, 2.45) is 0 Å². The topological polar surface area (TPSA) is 25.8 Å². The maximum atomic E-state index is 4.16. The van der Waals surface area contributed by atoms with Crippen LogP contribution >= 0.6 is 22.6 Å². The Morgan fingerprint density at radius 2 is 1.92 bits per heavy atom.